The molecule has 21 heavy (non-hydrogen) atoms. The second-order valence-corrected chi connectivity index (χ2v) is 7.12. The summed E-state index contributed by atoms with van der Waals surface area (Å²) in [5, 5.41) is 3.17. The predicted molar refractivity (Wildman–Crippen MR) is 88.2 cm³/mol. The first-order valence-electron chi connectivity index (χ1n) is 6.63. The van der Waals surface area contributed by atoms with E-state index in [1.807, 2.05) is 13.0 Å². The number of benzene rings is 1. The molecular formula is C16H20BrNO3. The number of carbonyl (C=O) groups excluding carboxylic acids is 2. The van der Waals surface area contributed by atoms with E-state index in [0.29, 0.717) is 12.1 Å². The van der Waals surface area contributed by atoms with Gasteiger partial charge < -0.3 is 10.1 Å². The number of nitrogens with one attached hydrogen (secondary N) is 1. The van der Waals surface area contributed by atoms with Crippen LogP contribution in [-0.2, 0) is 9.53 Å². The molecule has 4 nitrogen and oxygen atoms in total. The molecule has 1 aromatic rings. The number of allylic oxidation sites excluding steroid dienone is 1. The molecule has 0 aromatic heterocycles. The van der Waals surface area contributed by atoms with Crippen molar-refractivity contribution in [3.63, 3.8) is 0 Å². The molecule has 0 saturated carbocycles. The van der Waals surface area contributed by atoms with E-state index in [9.17, 15) is 9.59 Å². The quantitative estimate of drug-likeness (QED) is 0.268. The summed E-state index contributed by atoms with van der Waals surface area (Å²) in [5.41, 5.74) is 2.47. The molecule has 5 heteroatoms. The van der Waals surface area contributed by atoms with Crippen LogP contribution in [0.5, 0.6) is 0 Å². The number of alkyl halides is 1. The molecule has 1 N–H and O–H groups in total. The average molecular weight is 354 g/mol. The van der Waals surface area contributed by atoms with Gasteiger partial charge >= 0.3 is 5.97 Å². The number of rotatable bonds is 7. The fraction of sp³-hybridized carbons (Fsp3) is 0.375. The third-order valence-electron chi connectivity index (χ3n) is 2.83. The molecule has 0 aliphatic heterocycles. The van der Waals surface area contributed by atoms with Crippen molar-refractivity contribution < 1.29 is 14.3 Å². The molecule has 0 atom stereocenters. The van der Waals surface area contributed by atoms with Crippen LogP contribution in [0.25, 0.3) is 0 Å². The zero-order chi connectivity index (χ0) is 16.0. The van der Waals surface area contributed by atoms with Crippen molar-refractivity contribution in [2.24, 2.45) is 0 Å². The summed E-state index contributed by atoms with van der Waals surface area (Å²) >= 11 is 3.25. The van der Waals surface area contributed by atoms with Crippen molar-refractivity contribution in [2.45, 2.75) is 25.1 Å². The molecule has 0 aliphatic rings. The summed E-state index contributed by atoms with van der Waals surface area (Å²) in [4.78, 5) is 23.1. The van der Waals surface area contributed by atoms with Gasteiger partial charge in [0.2, 0.25) is 0 Å². The third kappa shape index (κ3) is 5.34. The van der Waals surface area contributed by atoms with Gasteiger partial charge in [-0.2, -0.15) is 0 Å². The first kappa shape index (κ1) is 17.4. The van der Waals surface area contributed by atoms with Gasteiger partial charge in [-0.05, 0) is 50.6 Å². The van der Waals surface area contributed by atoms with Crippen LogP contribution in [0.1, 0.15) is 29.8 Å². The Labute approximate surface area is 133 Å². The van der Waals surface area contributed by atoms with E-state index in [1.54, 1.807) is 26.0 Å². The normalized spacial score (nSPS) is 10.9. The number of hydrogen-bond donors (Lipinski definition) is 1. The summed E-state index contributed by atoms with van der Waals surface area (Å²) in [6, 6.07) is 5.38. The van der Waals surface area contributed by atoms with Crippen LogP contribution in [0.15, 0.2) is 30.9 Å². The van der Waals surface area contributed by atoms with Crippen molar-refractivity contribution in [3.8, 4) is 0 Å². The van der Waals surface area contributed by atoms with Gasteiger partial charge in [0.1, 0.15) is 10.9 Å². The molecular weight excluding hydrogens is 334 g/mol. The topological polar surface area (TPSA) is 55.4 Å². The highest BCUT2D eigenvalue weighted by Gasteiger charge is 2.25. The van der Waals surface area contributed by atoms with E-state index in [2.05, 4.69) is 27.8 Å². The Bertz CT molecular complexity index is 547. The maximum atomic E-state index is 11.6. The van der Waals surface area contributed by atoms with Crippen molar-refractivity contribution >= 4 is 33.4 Å². The minimum atomic E-state index is -0.671. The van der Waals surface area contributed by atoms with Crippen molar-refractivity contribution in [2.75, 3.05) is 18.5 Å². The summed E-state index contributed by atoms with van der Waals surface area (Å²) in [5.74, 6) is -0.397. The second-order valence-electron chi connectivity index (χ2n) is 5.13. The molecule has 0 fully saturated rings. The zero-order valence-corrected chi connectivity index (χ0v) is 14.1. The summed E-state index contributed by atoms with van der Waals surface area (Å²) < 4.78 is 4.46. The second kappa shape index (κ2) is 7.41. The molecule has 0 saturated heterocycles. The maximum Gasteiger partial charge on any atom is 0.322 e. The highest BCUT2D eigenvalue weighted by Crippen LogP contribution is 2.18. The standard InChI is InChI=1S/C16H20BrNO3/c1-5-14(19)12-6-7-13(11(2)10-12)18-8-9-21-15(20)16(3,4)17/h5-7,10,18H,1,8-9H2,2-4H3. The number of aryl methyl sites for hydroxylation is 1. The molecule has 0 radical (unpaired) electrons. The Hall–Kier alpha value is -1.62. The van der Waals surface area contributed by atoms with Gasteiger partial charge in [0.25, 0.3) is 0 Å². The van der Waals surface area contributed by atoms with Crippen LogP contribution in [0.3, 0.4) is 0 Å². The largest absolute Gasteiger partial charge is 0.463 e. The minimum Gasteiger partial charge on any atom is -0.463 e. The highest BCUT2D eigenvalue weighted by molar-refractivity contribution is 9.10. The van der Waals surface area contributed by atoms with Crippen LogP contribution >= 0.6 is 15.9 Å². The molecule has 0 heterocycles. The minimum absolute atomic E-state index is 0.0990. The first-order chi connectivity index (χ1) is 9.75. The van der Waals surface area contributed by atoms with E-state index in [1.165, 1.54) is 6.08 Å². The third-order valence-corrected chi connectivity index (χ3v) is 3.16. The van der Waals surface area contributed by atoms with E-state index < -0.39 is 4.32 Å². The van der Waals surface area contributed by atoms with Crippen molar-refractivity contribution in [3.05, 3.63) is 42.0 Å². The van der Waals surface area contributed by atoms with Gasteiger partial charge in [0.05, 0.1) is 0 Å². The van der Waals surface area contributed by atoms with E-state index >= 15 is 0 Å². The number of hydrogen-bond acceptors (Lipinski definition) is 4. The number of carbonyl (C=O) groups is 2. The Morgan fingerprint density at radius 3 is 2.62 bits per heavy atom. The lowest BCUT2D eigenvalue weighted by Crippen LogP contribution is -2.28. The van der Waals surface area contributed by atoms with Gasteiger partial charge in [0, 0.05) is 17.8 Å². The Morgan fingerprint density at radius 1 is 1.43 bits per heavy atom. The zero-order valence-electron chi connectivity index (χ0n) is 12.5. The predicted octanol–water partition coefficient (Wildman–Crippen LogP) is 3.49. The highest BCUT2D eigenvalue weighted by atomic mass is 79.9. The Balaban J connectivity index is 2.52. The van der Waals surface area contributed by atoms with Crippen LogP contribution in [0.2, 0.25) is 0 Å². The smallest absolute Gasteiger partial charge is 0.322 e. The number of ketones is 1. The van der Waals surface area contributed by atoms with E-state index in [0.717, 1.165) is 11.3 Å². The van der Waals surface area contributed by atoms with Crippen LogP contribution in [-0.4, -0.2) is 29.2 Å². The molecule has 0 unspecified atom stereocenters. The molecule has 1 aromatic carbocycles. The van der Waals surface area contributed by atoms with Crippen molar-refractivity contribution in [1.29, 1.82) is 0 Å². The lowest BCUT2D eigenvalue weighted by molar-refractivity contribution is -0.144. The fourth-order valence-corrected chi connectivity index (χ4v) is 1.75. The molecule has 0 spiro atoms. The fourth-order valence-electron chi connectivity index (χ4n) is 1.63. The van der Waals surface area contributed by atoms with E-state index in [-0.39, 0.29) is 18.4 Å². The number of anilines is 1. The van der Waals surface area contributed by atoms with E-state index in [4.69, 9.17) is 4.74 Å². The van der Waals surface area contributed by atoms with Gasteiger partial charge in [-0.15, -0.1) is 0 Å². The SMILES string of the molecule is C=CC(=O)c1ccc(NCCOC(=O)C(C)(C)Br)c(C)c1. The number of halogens is 1. The average Bonchev–Trinajstić information content (AvgIpc) is 2.42. The summed E-state index contributed by atoms with van der Waals surface area (Å²) in [6.07, 6.45) is 1.29. The number of esters is 1. The van der Waals surface area contributed by atoms with Gasteiger partial charge in [-0.3, -0.25) is 9.59 Å². The Morgan fingerprint density at radius 2 is 2.10 bits per heavy atom. The Kier molecular flexibility index (Phi) is 6.15. The van der Waals surface area contributed by atoms with Crippen LogP contribution in [0, 0.1) is 6.92 Å². The summed E-state index contributed by atoms with van der Waals surface area (Å²) in [6.45, 7) is 9.64. The van der Waals surface area contributed by atoms with Gasteiger partial charge in [-0.25, -0.2) is 0 Å². The first-order valence-corrected chi connectivity index (χ1v) is 7.42. The molecule has 1 rings (SSSR count). The van der Waals surface area contributed by atoms with Crippen molar-refractivity contribution in [1.82, 2.24) is 0 Å². The number of ether oxygens (including phenoxy) is 1. The molecule has 0 bridgehead atoms. The molecule has 0 aliphatic carbocycles. The lowest BCUT2D eigenvalue weighted by Gasteiger charge is -2.15. The summed E-state index contributed by atoms with van der Waals surface area (Å²) in [7, 11) is 0. The monoisotopic (exact) mass is 353 g/mol. The van der Waals surface area contributed by atoms with Crippen LogP contribution in [0.4, 0.5) is 5.69 Å². The van der Waals surface area contributed by atoms with Gasteiger partial charge in [0.15, 0.2) is 5.78 Å². The van der Waals surface area contributed by atoms with Gasteiger partial charge in [-0.1, -0.05) is 22.5 Å². The molecule has 0 amide bonds. The lowest BCUT2D eigenvalue weighted by atomic mass is 10.1. The maximum absolute atomic E-state index is 11.6. The molecule has 114 valence electrons. The van der Waals surface area contributed by atoms with Crippen LogP contribution < -0.4 is 5.32 Å².